The maximum atomic E-state index is 11.9. The fourth-order valence-corrected chi connectivity index (χ4v) is 1.74. The van der Waals surface area contributed by atoms with Crippen molar-refractivity contribution in [1.29, 1.82) is 0 Å². The second-order valence-corrected chi connectivity index (χ2v) is 4.07. The van der Waals surface area contributed by atoms with Gasteiger partial charge in [-0.2, -0.15) is 0 Å². The zero-order valence-electron chi connectivity index (χ0n) is 10.7. The fraction of sp³-hybridized carbons (Fsp3) is 0.308. The Hall–Kier alpha value is -2.21. The standard InChI is InChI=1S/C13H16N4O2/c1-19-9-12(11-4-2-3-5-15-11)16-13(18)8-17-7-6-14-10-17/h2-7,10,12H,8-9H2,1H3,(H,16,18)/t12-/m0/s1. The molecule has 6 heteroatoms. The molecular formula is C13H16N4O2. The molecule has 0 aromatic carbocycles. The highest BCUT2D eigenvalue weighted by Gasteiger charge is 2.15. The first kappa shape index (κ1) is 13.2. The number of hydrogen-bond acceptors (Lipinski definition) is 4. The molecule has 0 aliphatic carbocycles. The van der Waals surface area contributed by atoms with Crippen LogP contribution < -0.4 is 5.32 Å². The van der Waals surface area contributed by atoms with Gasteiger partial charge in [-0.25, -0.2) is 4.98 Å². The molecule has 0 aliphatic heterocycles. The number of aromatic nitrogens is 3. The lowest BCUT2D eigenvalue weighted by molar-refractivity contribution is -0.122. The molecule has 0 unspecified atom stereocenters. The van der Waals surface area contributed by atoms with Crippen molar-refractivity contribution in [2.45, 2.75) is 12.6 Å². The van der Waals surface area contributed by atoms with Crippen molar-refractivity contribution in [3.05, 3.63) is 48.8 Å². The van der Waals surface area contributed by atoms with Crippen LogP contribution in [0.1, 0.15) is 11.7 Å². The number of amides is 1. The molecule has 2 aromatic rings. The number of carbonyl (C=O) groups is 1. The molecule has 0 saturated heterocycles. The summed E-state index contributed by atoms with van der Waals surface area (Å²) in [5, 5.41) is 2.90. The van der Waals surface area contributed by atoms with Crippen LogP contribution in [0.25, 0.3) is 0 Å². The molecule has 6 nitrogen and oxygen atoms in total. The second kappa shape index (κ2) is 6.65. The largest absolute Gasteiger partial charge is 0.382 e. The summed E-state index contributed by atoms with van der Waals surface area (Å²) in [4.78, 5) is 20.1. The van der Waals surface area contributed by atoms with Crippen LogP contribution in [0.2, 0.25) is 0 Å². The van der Waals surface area contributed by atoms with Gasteiger partial charge in [0.05, 0.1) is 24.7 Å². The van der Waals surface area contributed by atoms with E-state index in [-0.39, 0.29) is 18.5 Å². The molecular weight excluding hydrogens is 244 g/mol. The summed E-state index contributed by atoms with van der Waals surface area (Å²) < 4.78 is 6.83. The first-order valence-electron chi connectivity index (χ1n) is 5.94. The zero-order chi connectivity index (χ0) is 13.5. The second-order valence-electron chi connectivity index (χ2n) is 4.07. The van der Waals surface area contributed by atoms with Crippen molar-refractivity contribution in [3.8, 4) is 0 Å². The molecule has 1 amide bonds. The Kier molecular flexibility index (Phi) is 4.63. The lowest BCUT2D eigenvalue weighted by Gasteiger charge is -2.17. The number of nitrogens with zero attached hydrogens (tertiary/aromatic N) is 3. The molecule has 1 N–H and O–H groups in total. The van der Waals surface area contributed by atoms with Crippen LogP contribution >= 0.6 is 0 Å². The highest BCUT2D eigenvalue weighted by molar-refractivity contribution is 5.76. The molecule has 2 rings (SSSR count). The van der Waals surface area contributed by atoms with Gasteiger partial charge in [0.15, 0.2) is 0 Å². The summed E-state index contributed by atoms with van der Waals surface area (Å²) >= 11 is 0. The van der Waals surface area contributed by atoms with Crippen molar-refractivity contribution in [1.82, 2.24) is 19.9 Å². The number of pyridine rings is 1. The number of imidazole rings is 1. The van der Waals surface area contributed by atoms with Crippen molar-refractivity contribution < 1.29 is 9.53 Å². The fourth-order valence-electron chi connectivity index (χ4n) is 1.74. The molecule has 0 fully saturated rings. The molecule has 0 spiro atoms. The molecule has 2 heterocycles. The van der Waals surface area contributed by atoms with Gasteiger partial charge >= 0.3 is 0 Å². The molecule has 0 aliphatic rings. The van der Waals surface area contributed by atoms with Gasteiger partial charge < -0.3 is 14.6 Å². The van der Waals surface area contributed by atoms with E-state index in [2.05, 4.69) is 15.3 Å². The van der Waals surface area contributed by atoms with E-state index in [1.807, 2.05) is 18.2 Å². The third-order valence-electron chi connectivity index (χ3n) is 2.60. The summed E-state index contributed by atoms with van der Waals surface area (Å²) in [5.41, 5.74) is 0.781. The summed E-state index contributed by atoms with van der Waals surface area (Å²) in [5.74, 6) is -0.106. The van der Waals surface area contributed by atoms with E-state index in [0.29, 0.717) is 6.61 Å². The molecule has 100 valence electrons. The van der Waals surface area contributed by atoms with Crippen LogP contribution in [0.15, 0.2) is 43.1 Å². The lowest BCUT2D eigenvalue weighted by Crippen LogP contribution is -2.34. The highest BCUT2D eigenvalue weighted by Crippen LogP contribution is 2.09. The first-order valence-corrected chi connectivity index (χ1v) is 5.94. The third kappa shape index (κ3) is 3.89. The average molecular weight is 260 g/mol. The van der Waals surface area contributed by atoms with Crippen LogP contribution in [0.5, 0.6) is 0 Å². The number of methoxy groups -OCH3 is 1. The van der Waals surface area contributed by atoms with Gasteiger partial charge in [-0.1, -0.05) is 6.07 Å². The predicted octanol–water partition coefficient (Wildman–Crippen LogP) is 0.782. The van der Waals surface area contributed by atoms with Crippen LogP contribution in [-0.2, 0) is 16.1 Å². The summed E-state index contributed by atoms with van der Waals surface area (Å²) in [6.45, 7) is 0.611. The Labute approximate surface area is 111 Å². The van der Waals surface area contributed by atoms with E-state index in [1.54, 1.807) is 36.6 Å². The van der Waals surface area contributed by atoms with Crippen LogP contribution in [0.4, 0.5) is 0 Å². The smallest absolute Gasteiger partial charge is 0.240 e. The monoisotopic (exact) mass is 260 g/mol. The van der Waals surface area contributed by atoms with Gasteiger partial charge in [0.25, 0.3) is 0 Å². The number of carbonyl (C=O) groups excluding carboxylic acids is 1. The van der Waals surface area contributed by atoms with E-state index < -0.39 is 0 Å². The Bertz CT molecular complexity index is 499. The number of nitrogens with one attached hydrogen (secondary N) is 1. The summed E-state index contributed by atoms with van der Waals surface area (Å²) in [6, 6.07) is 5.33. The van der Waals surface area contributed by atoms with Gasteiger partial charge in [0.1, 0.15) is 6.54 Å². The maximum Gasteiger partial charge on any atom is 0.240 e. The third-order valence-corrected chi connectivity index (χ3v) is 2.60. The van der Waals surface area contributed by atoms with E-state index in [0.717, 1.165) is 5.69 Å². The van der Waals surface area contributed by atoms with Crippen molar-refractivity contribution in [2.75, 3.05) is 13.7 Å². The highest BCUT2D eigenvalue weighted by atomic mass is 16.5. The summed E-state index contributed by atoms with van der Waals surface area (Å²) in [7, 11) is 1.60. The van der Waals surface area contributed by atoms with Crippen molar-refractivity contribution in [3.63, 3.8) is 0 Å². The van der Waals surface area contributed by atoms with Gasteiger partial charge in [0.2, 0.25) is 5.91 Å². The minimum absolute atomic E-state index is 0.106. The molecule has 0 radical (unpaired) electrons. The Morgan fingerprint density at radius 1 is 1.47 bits per heavy atom. The molecule has 0 saturated carbocycles. The Balaban J connectivity index is 1.98. The summed E-state index contributed by atoms with van der Waals surface area (Å²) in [6.07, 6.45) is 6.68. The van der Waals surface area contributed by atoms with Crippen molar-refractivity contribution >= 4 is 5.91 Å². The van der Waals surface area contributed by atoms with Crippen LogP contribution in [-0.4, -0.2) is 34.2 Å². The van der Waals surface area contributed by atoms with Crippen LogP contribution in [0.3, 0.4) is 0 Å². The predicted molar refractivity (Wildman–Crippen MR) is 69.2 cm³/mol. The lowest BCUT2D eigenvalue weighted by atomic mass is 10.2. The topological polar surface area (TPSA) is 69.0 Å². The van der Waals surface area contributed by atoms with Gasteiger partial charge in [-0.15, -0.1) is 0 Å². The molecule has 19 heavy (non-hydrogen) atoms. The van der Waals surface area contributed by atoms with Crippen LogP contribution in [0, 0.1) is 0 Å². The minimum atomic E-state index is -0.248. The van der Waals surface area contributed by atoms with Crippen molar-refractivity contribution in [2.24, 2.45) is 0 Å². The zero-order valence-corrected chi connectivity index (χ0v) is 10.7. The van der Waals surface area contributed by atoms with Gasteiger partial charge in [-0.05, 0) is 12.1 Å². The number of rotatable bonds is 6. The molecule has 1 atom stereocenters. The molecule has 0 bridgehead atoms. The Morgan fingerprint density at radius 2 is 2.37 bits per heavy atom. The average Bonchev–Trinajstić information content (AvgIpc) is 2.92. The quantitative estimate of drug-likeness (QED) is 0.833. The first-order chi connectivity index (χ1) is 9.29. The van der Waals surface area contributed by atoms with E-state index in [4.69, 9.17) is 4.74 Å². The number of ether oxygens (including phenoxy) is 1. The van der Waals surface area contributed by atoms with E-state index >= 15 is 0 Å². The Morgan fingerprint density at radius 3 is 3.00 bits per heavy atom. The minimum Gasteiger partial charge on any atom is -0.382 e. The maximum absolute atomic E-state index is 11.9. The normalized spacial score (nSPS) is 12.1. The van der Waals surface area contributed by atoms with E-state index in [1.165, 1.54) is 0 Å². The number of hydrogen-bond donors (Lipinski definition) is 1. The van der Waals surface area contributed by atoms with Gasteiger partial charge in [0, 0.05) is 25.7 Å². The molecule has 2 aromatic heterocycles. The van der Waals surface area contributed by atoms with Gasteiger partial charge in [-0.3, -0.25) is 9.78 Å². The van der Waals surface area contributed by atoms with E-state index in [9.17, 15) is 4.79 Å². The SMILES string of the molecule is COC[C@H](NC(=O)Cn1ccnc1)c1ccccn1.